The van der Waals surface area contributed by atoms with Crippen molar-refractivity contribution in [3.8, 4) is 0 Å². The predicted octanol–water partition coefficient (Wildman–Crippen LogP) is 1.07. The zero-order chi connectivity index (χ0) is 12.1. The summed E-state index contributed by atoms with van der Waals surface area (Å²) in [4.78, 5) is 9.02. The maximum atomic E-state index is 8.88. The van der Waals surface area contributed by atoms with Gasteiger partial charge in [0.1, 0.15) is 12.0 Å². The Morgan fingerprint density at radius 2 is 2.35 bits per heavy atom. The number of hydrogen-bond acceptors (Lipinski definition) is 4. The van der Waals surface area contributed by atoms with E-state index in [9.17, 15) is 0 Å². The van der Waals surface area contributed by atoms with Crippen molar-refractivity contribution in [3.05, 3.63) is 36.5 Å². The zero-order valence-corrected chi connectivity index (χ0v) is 9.87. The molecular formula is C13H17N3O. The lowest BCUT2D eigenvalue weighted by Gasteiger charge is -2.27. The molecule has 0 amide bonds. The molecule has 0 spiro atoms. The number of fused-ring (bicyclic) bond motifs is 1. The molecule has 2 aliphatic rings. The van der Waals surface area contributed by atoms with Crippen molar-refractivity contribution in [2.24, 2.45) is 15.9 Å². The minimum atomic E-state index is -0.0398. The Kier molecular flexibility index (Phi) is 4.01. The number of aliphatic hydroxyl groups is 1. The van der Waals surface area contributed by atoms with Crippen LogP contribution in [0.3, 0.4) is 0 Å². The average Bonchev–Trinajstić information content (AvgIpc) is 2.36. The van der Waals surface area contributed by atoms with E-state index >= 15 is 0 Å². The number of aliphatic imine (C=N–C) groups is 2. The first-order valence-electron chi connectivity index (χ1n) is 5.83. The zero-order valence-electron chi connectivity index (χ0n) is 9.87. The molecule has 4 nitrogen and oxygen atoms in total. The summed E-state index contributed by atoms with van der Waals surface area (Å²) in [6, 6.07) is 0. The van der Waals surface area contributed by atoms with Crippen LogP contribution in [-0.2, 0) is 0 Å². The minimum absolute atomic E-state index is 0.0398. The predicted molar refractivity (Wildman–Crippen MR) is 70.3 cm³/mol. The minimum Gasteiger partial charge on any atom is -0.395 e. The molecule has 1 aliphatic carbocycles. The van der Waals surface area contributed by atoms with Crippen LogP contribution < -0.4 is 5.32 Å². The fourth-order valence-corrected chi connectivity index (χ4v) is 1.92. The second kappa shape index (κ2) is 5.70. The lowest BCUT2D eigenvalue weighted by molar-refractivity contribution is 0.281. The Labute approximate surface area is 101 Å². The Morgan fingerprint density at radius 1 is 1.47 bits per heavy atom. The van der Waals surface area contributed by atoms with Crippen LogP contribution in [-0.4, -0.2) is 36.0 Å². The second-order valence-corrected chi connectivity index (χ2v) is 3.92. The Morgan fingerprint density at radius 3 is 3.12 bits per heavy atom. The van der Waals surface area contributed by atoms with Gasteiger partial charge in [-0.25, -0.2) is 9.98 Å². The topological polar surface area (TPSA) is 57.0 Å². The maximum absolute atomic E-state index is 8.88. The molecule has 2 rings (SSSR count). The molecule has 2 unspecified atom stereocenters. The molecule has 0 saturated carbocycles. The van der Waals surface area contributed by atoms with Crippen LogP contribution >= 0.6 is 0 Å². The van der Waals surface area contributed by atoms with E-state index in [2.05, 4.69) is 21.4 Å². The van der Waals surface area contributed by atoms with E-state index in [1.54, 1.807) is 0 Å². The molecular weight excluding hydrogens is 214 g/mol. The molecule has 0 aromatic heterocycles. The molecule has 2 atom stereocenters. The van der Waals surface area contributed by atoms with Crippen molar-refractivity contribution in [3.63, 3.8) is 0 Å². The molecule has 0 bridgehead atoms. The molecule has 4 heteroatoms. The summed E-state index contributed by atoms with van der Waals surface area (Å²) >= 11 is 0. The summed E-state index contributed by atoms with van der Waals surface area (Å²) in [5.74, 6) is 0.898. The van der Waals surface area contributed by atoms with Gasteiger partial charge in [0.2, 0.25) is 0 Å². The Balaban J connectivity index is 2.22. The summed E-state index contributed by atoms with van der Waals surface area (Å²) in [6.07, 6.45) is 11.9. The van der Waals surface area contributed by atoms with Crippen LogP contribution in [0.15, 0.2) is 46.4 Å². The second-order valence-electron chi connectivity index (χ2n) is 3.92. The van der Waals surface area contributed by atoms with Crippen molar-refractivity contribution < 1.29 is 5.11 Å². The molecule has 1 aliphatic heterocycles. The van der Waals surface area contributed by atoms with E-state index in [4.69, 9.17) is 5.11 Å². The van der Waals surface area contributed by atoms with Gasteiger partial charge >= 0.3 is 0 Å². The van der Waals surface area contributed by atoms with Gasteiger partial charge < -0.3 is 5.11 Å². The van der Waals surface area contributed by atoms with E-state index in [1.165, 1.54) is 0 Å². The van der Waals surface area contributed by atoms with Gasteiger partial charge in [-0.05, 0) is 19.1 Å². The van der Waals surface area contributed by atoms with Crippen LogP contribution in [0.2, 0.25) is 0 Å². The molecule has 2 N–H and O–H groups in total. The Hall–Kier alpha value is -1.52. The molecule has 0 aromatic rings. The van der Waals surface area contributed by atoms with E-state index in [1.807, 2.05) is 37.3 Å². The SMILES string of the molecule is C/C=C/C1=NC(NCCO)C2C=CC=CC2=N1. The summed E-state index contributed by atoms with van der Waals surface area (Å²) < 4.78 is 0. The normalized spacial score (nSPS) is 26.9. The maximum Gasteiger partial charge on any atom is 0.148 e. The van der Waals surface area contributed by atoms with Crippen LogP contribution in [0.5, 0.6) is 0 Å². The molecule has 0 saturated heterocycles. The standard InChI is InChI=1S/C13H17N3O/c1-2-5-12-15-11-7-4-3-6-10(11)13(16-12)14-8-9-17/h2-7,10,13-14,17H,8-9H2,1H3/b5-2+. The van der Waals surface area contributed by atoms with Gasteiger partial charge in [0, 0.05) is 6.54 Å². The first-order chi connectivity index (χ1) is 8.35. The number of nitrogens with zero attached hydrogens (tertiary/aromatic N) is 2. The van der Waals surface area contributed by atoms with Gasteiger partial charge in [-0.2, -0.15) is 0 Å². The van der Waals surface area contributed by atoms with Gasteiger partial charge in [-0.15, -0.1) is 0 Å². The smallest absolute Gasteiger partial charge is 0.148 e. The quantitative estimate of drug-likeness (QED) is 0.760. The molecule has 1 heterocycles. The van der Waals surface area contributed by atoms with E-state index in [0.717, 1.165) is 11.5 Å². The van der Waals surface area contributed by atoms with Crippen LogP contribution in [0, 0.1) is 5.92 Å². The lowest BCUT2D eigenvalue weighted by Crippen LogP contribution is -2.42. The van der Waals surface area contributed by atoms with Crippen LogP contribution in [0.25, 0.3) is 0 Å². The number of allylic oxidation sites excluding steroid dienone is 4. The Bertz CT molecular complexity index is 418. The number of rotatable bonds is 4. The van der Waals surface area contributed by atoms with Crippen LogP contribution in [0.4, 0.5) is 0 Å². The molecule has 17 heavy (non-hydrogen) atoms. The van der Waals surface area contributed by atoms with E-state index in [0.29, 0.717) is 6.54 Å². The highest BCUT2D eigenvalue weighted by molar-refractivity contribution is 6.11. The summed E-state index contributed by atoms with van der Waals surface area (Å²) in [5, 5.41) is 12.1. The van der Waals surface area contributed by atoms with E-state index in [-0.39, 0.29) is 18.7 Å². The summed E-state index contributed by atoms with van der Waals surface area (Å²) in [6.45, 7) is 2.60. The summed E-state index contributed by atoms with van der Waals surface area (Å²) in [5.41, 5.74) is 1.02. The van der Waals surface area contributed by atoms with Gasteiger partial charge in [0.05, 0.1) is 18.2 Å². The third kappa shape index (κ3) is 2.78. The highest BCUT2D eigenvalue weighted by atomic mass is 16.3. The molecule has 0 aromatic carbocycles. The lowest BCUT2D eigenvalue weighted by atomic mass is 9.94. The monoisotopic (exact) mass is 231 g/mol. The van der Waals surface area contributed by atoms with Gasteiger partial charge in [-0.3, -0.25) is 5.32 Å². The first-order valence-corrected chi connectivity index (χ1v) is 5.83. The van der Waals surface area contributed by atoms with E-state index < -0.39 is 0 Å². The number of aliphatic hydroxyl groups excluding tert-OH is 1. The number of nitrogens with one attached hydrogen (secondary N) is 1. The van der Waals surface area contributed by atoms with Gasteiger partial charge in [0.15, 0.2) is 0 Å². The molecule has 0 radical (unpaired) electrons. The third-order valence-electron chi connectivity index (χ3n) is 2.67. The van der Waals surface area contributed by atoms with Crippen molar-refractivity contribution in [1.29, 1.82) is 0 Å². The van der Waals surface area contributed by atoms with Gasteiger partial charge in [0.25, 0.3) is 0 Å². The van der Waals surface area contributed by atoms with Crippen molar-refractivity contribution >= 4 is 11.5 Å². The van der Waals surface area contributed by atoms with Crippen molar-refractivity contribution in [2.45, 2.75) is 13.1 Å². The average molecular weight is 231 g/mol. The van der Waals surface area contributed by atoms with Crippen LogP contribution in [0.1, 0.15) is 6.92 Å². The fraction of sp³-hybridized carbons (Fsp3) is 0.385. The van der Waals surface area contributed by atoms with Crippen molar-refractivity contribution in [2.75, 3.05) is 13.2 Å². The highest BCUT2D eigenvalue weighted by Crippen LogP contribution is 2.19. The fourth-order valence-electron chi connectivity index (χ4n) is 1.92. The largest absolute Gasteiger partial charge is 0.395 e. The molecule has 0 fully saturated rings. The summed E-state index contributed by atoms with van der Waals surface area (Å²) in [7, 11) is 0. The van der Waals surface area contributed by atoms with Gasteiger partial charge in [-0.1, -0.05) is 24.3 Å². The highest BCUT2D eigenvalue weighted by Gasteiger charge is 2.26. The first kappa shape index (κ1) is 12.0. The van der Waals surface area contributed by atoms with Crippen molar-refractivity contribution in [1.82, 2.24) is 5.32 Å². The molecule has 90 valence electrons. The number of hydrogen-bond donors (Lipinski definition) is 2. The number of amidine groups is 1. The third-order valence-corrected chi connectivity index (χ3v) is 2.67.